The molecule has 0 fully saturated rings. The van der Waals surface area contributed by atoms with Crippen molar-refractivity contribution in [2.75, 3.05) is 11.9 Å². The smallest absolute Gasteiger partial charge is 0.336 e. The summed E-state index contributed by atoms with van der Waals surface area (Å²) < 4.78 is 16.2. The molecule has 0 spiro atoms. The minimum absolute atomic E-state index is 0.0656. The number of amides is 1. The first-order chi connectivity index (χ1) is 14.3. The van der Waals surface area contributed by atoms with Crippen LogP contribution in [-0.4, -0.2) is 18.5 Å². The van der Waals surface area contributed by atoms with Crippen LogP contribution in [0.2, 0.25) is 0 Å². The second-order valence-corrected chi connectivity index (χ2v) is 7.01. The van der Waals surface area contributed by atoms with Crippen molar-refractivity contribution in [2.24, 2.45) is 0 Å². The molecule has 7 heteroatoms. The van der Waals surface area contributed by atoms with Gasteiger partial charge in [0.15, 0.2) is 0 Å². The first kappa shape index (κ1) is 21.1. The van der Waals surface area contributed by atoms with E-state index in [0.29, 0.717) is 22.2 Å². The van der Waals surface area contributed by atoms with Gasteiger partial charge in [-0.2, -0.15) is 0 Å². The first-order valence-corrected chi connectivity index (χ1v) is 9.52. The van der Waals surface area contributed by atoms with Gasteiger partial charge in [0.25, 0.3) is 0 Å². The second-order valence-electron chi connectivity index (χ2n) is 7.01. The van der Waals surface area contributed by atoms with Gasteiger partial charge in [-0.3, -0.25) is 9.59 Å². The summed E-state index contributed by atoms with van der Waals surface area (Å²) in [5.41, 5.74) is 2.85. The third-order valence-electron chi connectivity index (χ3n) is 4.45. The Morgan fingerprint density at radius 2 is 1.87 bits per heavy atom. The Labute approximate surface area is 173 Å². The van der Waals surface area contributed by atoms with E-state index >= 15 is 0 Å². The van der Waals surface area contributed by atoms with Crippen LogP contribution in [0.5, 0.6) is 5.75 Å². The standard InChI is InChI=1S/C23H23NO6/c1-14-4-5-15(2)20(10-14)28-9-8-22(26)29-13-17-11-23(27)30-21-12-18(24-16(3)25)6-7-19(17)21/h4-7,10-12H,8-9,13H2,1-3H3,(H,24,25). The Balaban J connectivity index is 1.62. The zero-order valence-electron chi connectivity index (χ0n) is 17.1. The van der Waals surface area contributed by atoms with E-state index in [-0.39, 0.29) is 25.5 Å². The van der Waals surface area contributed by atoms with Crippen LogP contribution in [-0.2, 0) is 20.9 Å². The van der Waals surface area contributed by atoms with Crippen molar-refractivity contribution in [2.45, 2.75) is 33.8 Å². The molecule has 0 bridgehead atoms. The van der Waals surface area contributed by atoms with Crippen molar-refractivity contribution in [3.8, 4) is 5.75 Å². The Kier molecular flexibility index (Phi) is 6.51. The average Bonchev–Trinajstić information content (AvgIpc) is 2.68. The molecule has 0 aliphatic carbocycles. The number of aryl methyl sites for hydroxylation is 2. The summed E-state index contributed by atoms with van der Waals surface area (Å²) >= 11 is 0. The number of carbonyl (C=O) groups excluding carboxylic acids is 2. The molecule has 1 heterocycles. The van der Waals surface area contributed by atoms with Crippen LogP contribution in [0.1, 0.15) is 30.0 Å². The number of hydrogen-bond donors (Lipinski definition) is 1. The molecule has 0 aliphatic heterocycles. The molecule has 0 radical (unpaired) electrons. The number of carbonyl (C=O) groups is 2. The summed E-state index contributed by atoms with van der Waals surface area (Å²) in [4.78, 5) is 35.2. The van der Waals surface area contributed by atoms with Crippen LogP contribution in [0.15, 0.2) is 51.7 Å². The van der Waals surface area contributed by atoms with Crippen molar-refractivity contribution in [1.29, 1.82) is 0 Å². The summed E-state index contributed by atoms with van der Waals surface area (Å²) in [6.45, 7) is 5.43. The summed E-state index contributed by atoms with van der Waals surface area (Å²) in [6.07, 6.45) is 0.0828. The molecule has 3 rings (SSSR count). The Bertz CT molecular complexity index is 1150. The van der Waals surface area contributed by atoms with Gasteiger partial charge < -0.3 is 19.2 Å². The van der Waals surface area contributed by atoms with E-state index in [2.05, 4.69) is 5.32 Å². The zero-order valence-corrected chi connectivity index (χ0v) is 17.1. The second kappa shape index (κ2) is 9.26. The lowest BCUT2D eigenvalue weighted by Gasteiger charge is -2.11. The predicted molar refractivity (Wildman–Crippen MR) is 113 cm³/mol. The minimum atomic E-state index is -0.563. The van der Waals surface area contributed by atoms with E-state index in [1.54, 1.807) is 18.2 Å². The molecule has 0 aliphatic rings. The number of nitrogens with one attached hydrogen (secondary N) is 1. The van der Waals surface area contributed by atoms with Crippen LogP contribution in [0.4, 0.5) is 5.69 Å². The molecule has 156 valence electrons. The molecule has 2 aromatic carbocycles. The SMILES string of the molecule is CC(=O)Nc1ccc2c(COC(=O)CCOc3cc(C)ccc3C)cc(=O)oc2c1. The van der Waals surface area contributed by atoms with Gasteiger partial charge in [-0.25, -0.2) is 4.79 Å². The topological polar surface area (TPSA) is 94.8 Å². The largest absolute Gasteiger partial charge is 0.493 e. The Morgan fingerprint density at radius 1 is 1.07 bits per heavy atom. The summed E-state index contributed by atoms with van der Waals surface area (Å²) in [5, 5.41) is 3.26. The number of benzene rings is 2. The normalized spacial score (nSPS) is 10.6. The van der Waals surface area contributed by atoms with Crippen molar-refractivity contribution in [3.05, 3.63) is 69.6 Å². The first-order valence-electron chi connectivity index (χ1n) is 9.52. The van der Waals surface area contributed by atoms with Gasteiger partial charge in [-0.05, 0) is 43.2 Å². The highest BCUT2D eigenvalue weighted by molar-refractivity contribution is 5.92. The maximum Gasteiger partial charge on any atom is 0.336 e. The number of anilines is 1. The van der Waals surface area contributed by atoms with Crippen molar-refractivity contribution in [1.82, 2.24) is 0 Å². The Hall–Kier alpha value is -3.61. The molecule has 0 saturated carbocycles. The molecule has 7 nitrogen and oxygen atoms in total. The number of rotatable bonds is 7. The van der Waals surface area contributed by atoms with Gasteiger partial charge in [0.05, 0.1) is 13.0 Å². The van der Waals surface area contributed by atoms with Crippen LogP contribution in [0.25, 0.3) is 11.0 Å². The van der Waals surface area contributed by atoms with Gasteiger partial charge in [-0.15, -0.1) is 0 Å². The van der Waals surface area contributed by atoms with Gasteiger partial charge in [0.2, 0.25) is 5.91 Å². The molecule has 30 heavy (non-hydrogen) atoms. The molecule has 0 unspecified atom stereocenters. The molecule has 1 aromatic heterocycles. The average molecular weight is 409 g/mol. The summed E-state index contributed by atoms with van der Waals surface area (Å²) in [7, 11) is 0. The molecular formula is C23H23NO6. The van der Waals surface area contributed by atoms with Gasteiger partial charge in [0, 0.05) is 35.7 Å². The van der Waals surface area contributed by atoms with E-state index in [4.69, 9.17) is 13.9 Å². The highest BCUT2D eigenvalue weighted by atomic mass is 16.5. The fourth-order valence-corrected chi connectivity index (χ4v) is 2.97. The van der Waals surface area contributed by atoms with E-state index < -0.39 is 11.6 Å². The number of fused-ring (bicyclic) bond motifs is 1. The van der Waals surface area contributed by atoms with Crippen LogP contribution < -0.4 is 15.7 Å². The third-order valence-corrected chi connectivity index (χ3v) is 4.45. The van der Waals surface area contributed by atoms with E-state index in [1.807, 2.05) is 32.0 Å². The summed E-state index contributed by atoms with van der Waals surface area (Å²) in [6, 6.07) is 12.1. The van der Waals surface area contributed by atoms with Crippen molar-refractivity contribution >= 4 is 28.5 Å². The van der Waals surface area contributed by atoms with Crippen molar-refractivity contribution < 1.29 is 23.5 Å². The highest BCUT2D eigenvalue weighted by Gasteiger charge is 2.11. The van der Waals surface area contributed by atoms with Crippen LogP contribution in [0, 0.1) is 13.8 Å². The Morgan fingerprint density at radius 3 is 2.63 bits per heavy atom. The molecule has 3 aromatic rings. The molecule has 1 amide bonds. The number of hydrogen-bond acceptors (Lipinski definition) is 6. The predicted octanol–water partition coefficient (Wildman–Crippen LogP) is 3.88. The van der Waals surface area contributed by atoms with E-state index in [0.717, 1.165) is 16.9 Å². The lowest BCUT2D eigenvalue weighted by Crippen LogP contribution is -2.11. The van der Waals surface area contributed by atoms with Gasteiger partial charge in [0.1, 0.15) is 17.9 Å². The number of esters is 1. The molecular weight excluding hydrogens is 386 g/mol. The molecule has 1 N–H and O–H groups in total. The van der Waals surface area contributed by atoms with Crippen LogP contribution >= 0.6 is 0 Å². The molecule has 0 atom stereocenters. The minimum Gasteiger partial charge on any atom is -0.493 e. The lowest BCUT2D eigenvalue weighted by atomic mass is 10.1. The fraction of sp³-hybridized carbons (Fsp3) is 0.261. The van der Waals surface area contributed by atoms with Crippen LogP contribution in [0.3, 0.4) is 0 Å². The quantitative estimate of drug-likeness (QED) is 0.470. The maximum atomic E-state index is 12.1. The third kappa shape index (κ3) is 5.47. The zero-order chi connectivity index (χ0) is 21.7. The fourth-order valence-electron chi connectivity index (χ4n) is 2.97. The van der Waals surface area contributed by atoms with Gasteiger partial charge in [-0.1, -0.05) is 12.1 Å². The highest BCUT2D eigenvalue weighted by Crippen LogP contribution is 2.22. The van der Waals surface area contributed by atoms with Gasteiger partial charge >= 0.3 is 11.6 Å². The van der Waals surface area contributed by atoms with E-state index in [1.165, 1.54) is 13.0 Å². The monoisotopic (exact) mass is 409 g/mol. The lowest BCUT2D eigenvalue weighted by molar-refractivity contribution is -0.145. The molecule has 0 saturated heterocycles. The number of ether oxygens (including phenoxy) is 2. The maximum absolute atomic E-state index is 12.1. The summed E-state index contributed by atoms with van der Waals surface area (Å²) in [5.74, 6) is 0.0749. The van der Waals surface area contributed by atoms with E-state index in [9.17, 15) is 14.4 Å². The van der Waals surface area contributed by atoms with Crippen molar-refractivity contribution in [3.63, 3.8) is 0 Å².